The highest BCUT2D eigenvalue weighted by Crippen LogP contribution is 1.72. The topological polar surface area (TPSA) is 196 Å². The Morgan fingerprint density at radius 2 is 0.900 bits per heavy atom. The lowest BCUT2D eigenvalue weighted by molar-refractivity contribution is -0.134. The van der Waals surface area contributed by atoms with Crippen LogP contribution in [0.3, 0.4) is 0 Å². The highest BCUT2D eigenvalue weighted by Gasteiger charge is 1.94. The molecule has 0 spiro atoms. The first-order chi connectivity index (χ1) is 9.24. The molecule has 0 heterocycles. The summed E-state index contributed by atoms with van der Waals surface area (Å²) in [4.78, 5) is 19.1. The minimum atomic E-state index is -1.26. The molecule has 10 nitrogen and oxygen atoms in total. The van der Waals surface area contributed by atoms with Crippen molar-refractivity contribution >= 4 is 11.9 Å². The third-order valence-electron chi connectivity index (χ3n) is 1.21. The van der Waals surface area contributed by atoms with Gasteiger partial charge in [0.05, 0.1) is 26.4 Å². The third-order valence-corrected chi connectivity index (χ3v) is 1.21. The molecule has 0 aliphatic carbocycles. The molecule has 0 bridgehead atoms. The lowest BCUT2D eigenvalue weighted by Crippen LogP contribution is -2.15. The summed E-state index contributed by atoms with van der Waals surface area (Å²) in [6.45, 7) is -1.46. The zero-order valence-electron chi connectivity index (χ0n) is 10.5. The van der Waals surface area contributed by atoms with Gasteiger partial charge in [0.25, 0.3) is 0 Å². The van der Waals surface area contributed by atoms with E-state index in [9.17, 15) is 9.59 Å². The fourth-order valence-corrected chi connectivity index (χ4v) is 0.258. The smallest absolute Gasteiger partial charge is 0.328 e. The molecule has 10 heteroatoms. The molecule has 20 heavy (non-hydrogen) atoms. The standard InChI is InChI=1S/C4H4O4.2C3H8O3/c5-3(6)1-2-4(7)8;2*4-1-3(6)2-5/h1-2H,(H,5,6)(H,7,8);2*3-6H,1-2H2. The molecule has 8 N–H and O–H groups in total. The molecule has 0 saturated carbocycles. The summed E-state index contributed by atoms with van der Waals surface area (Å²) in [7, 11) is 0. The zero-order chi connectivity index (χ0) is 16.6. The molecule has 0 rings (SSSR count). The van der Waals surface area contributed by atoms with Crippen molar-refractivity contribution in [3.63, 3.8) is 0 Å². The molecule has 0 amide bonds. The Hall–Kier alpha value is -1.56. The van der Waals surface area contributed by atoms with Crippen molar-refractivity contribution in [3.05, 3.63) is 12.2 Å². The summed E-state index contributed by atoms with van der Waals surface area (Å²) in [5.74, 6) is -2.51. The maximum Gasteiger partial charge on any atom is 0.328 e. The van der Waals surface area contributed by atoms with Crippen LogP contribution < -0.4 is 0 Å². The Bertz CT molecular complexity index is 231. The number of aliphatic hydroxyl groups excluding tert-OH is 6. The average Bonchev–Trinajstić information content (AvgIpc) is 2.44. The van der Waals surface area contributed by atoms with E-state index in [1.54, 1.807) is 0 Å². The van der Waals surface area contributed by atoms with Gasteiger partial charge in [-0.1, -0.05) is 0 Å². The number of carboxylic acid groups (broad SMARTS) is 2. The molecule has 0 fully saturated rings. The predicted octanol–water partition coefficient (Wildman–Crippen LogP) is -3.62. The molecule has 0 radical (unpaired) electrons. The van der Waals surface area contributed by atoms with Crippen molar-refractivity contribution in [2.24, 2.45) is 0 Å². The molecular formula is C10H20O10. The summed E-state index contributed by atoms with van der Waals surface area (Å²) < 4.78 is 0. The fourth-order valence-electron chi connectivity index (χ4n) is 0.258. The Morgan fingerprint density at radius 3 is 0.950 bits per heavy atom. The highest BCUT2D eigenvalue weighted by molar-refractivity contribution is 5.89. The van der Waals surface area contributed by atoms with E-state index in [4.69, 9.17) is 40.9 Å². The minimum absolute atomic E-state index is 0.365. The molecule has 0 aromatic carbocycles. The first-order valence-electron chi connectivity index (χ1n) is 5.18. The Labute approximate surface area is 114 Å². The van der Waals surface area contributed by atoms with Crippen LogP contribution in [0, 0.1) is 0 Å². The lowest BCUT2D eigenvalue weighted by atomic mass is 10.4. The third kappa shape index (κ3) is 29.9. The molecule has 120 valence electrons. The SMILES string of the molecule is O=C(O)C=CC(=O)O.OCC(O)CO.OCC(O)CO. The van der Waals surface area contributed by atoms with Crippen LogP contribution in [-0.4, -0.2) is 91.4 Å². The molecule has 0 aromatic heterocycles. The second-order valence-electron chi connectivity index (χ2n) is 3.05. The maximum atomic E-state index is 9.55. The van der Waals surface area contributed by atoms with E-state index in [2.05, 4.69) is 0 Å². The summed E-state index contributed by atoms with van der Waals surface area (Å²) >= 11 is 0. The van der Waals surface area contributed by atoms with Gasteiger partial charge in [0.15, 0.2) is 0 Å². The van der Waals surface area contributed by atoms with Gasteiger partial charge < -0.3 is 40.9 Å². The zero-order valence-corrected chi connectivity index (χ0v) is 10.5. The van der Waals surface area contributed by atoms with Gasteiger partial charge >= 0.3 is 11.9 Å². The minimum Gasteiger partial charge on any atom is -0.478 e. The van der Waals surface area contributed by atoms with Crippen molar-refractivity contribution in [1.82, 2.24) is 0 Å². The molecule has 0 atom stereocenters. The quantitative estimate of drug-likeness (QED) is 0.227. The Kier molecular flexibility index (Phi) is 20.5. The van der Waals surface area contributed by atoms with E-state index in [0.29, 0.717) is 12.2 Å². The van der Waals surface area contributed by atoms with Crippen molar-refractivity contribution in [3.8, 4) is 0 Å². The first kappa shape index (κ1) is 23.5. The number of rotatable bonds is 6. The highest BCUT2D eigenvalue weighted by atomic mass is 16.4. The van der Waals surface area contributed by atoms with Crippen molar-refractivity contribution in [1.29, 1.82) is 0 Å². The summed E-state index contributed by atoms with van der Waals surface area (Å²) in [6.07, 6.45) is -0.792. The molecule has 0 unspecified atom stereocenters. The molecule has 0 saturated heterocycles. The van der Waals surface area contributed by atoms with E-state index in [-0.39, 0.29) is 26.4 Å². The molecule has 0 aliphatic rings. The van der Waals surface area contributed by atoms with Crippen molar-refractivity contribution in [2.75, 3.05) is 26.4 Å². The van der Waals surface area contributed by atoms with Gasteiger partial charge in [0.2, 0.25) is 0 Å². The second-order valence-corrected chi connectivity index (χ2v) is 3.05. The summed E-state index contributed by atoms with van der Waals surface area (Å²) in [6, 6.07) is 0. The van der Waals surface area contributed by atoms with Gasteiger partial charge in [-0.2, -0.15) is 0 Å². The number of carbonyl (C=O) groups is 2. The maximum absolute atomic E-state index is 9.55. The van der Waals surface area contributed by atoms with Crippen LogP contribution in [0.25, 0.3) is 0 Å². The Morgan fingerprint density at radius 1 is 0.700 bits per heavy atom. The van der Waals surface area contributed by atoms with Gasteiger partial charge in [-0.15, -0.1) is 0 Å². The number of hydrogen-bond donors (Lipinski definition) is 8. The first-order valence-corrected chi connectivity index (χ1v) is 5.18. The van der Waals surface area contributed by atoms with Crippen LogP contribution in [0.4, 0.5) is 0 Å². The summed E-state index contributed by atoms with van der Waals surface area (Å²) in [5.41, 5.74) is 0. The van der Waals surface area contributed by atoms with Crippen LogP contribution in [-0.2, 0) is 9.59 Å². The predicted molar refractivity (Wildman–Crippen MR) is 64.8 cm³/mol. The number of hydrogen-bond acceptors (Lipinski definition) is 8. The van der Waals surface area contributed by atoms with Crippen LogP contribution >= 0.6 is 0 Å². The van der Waals surface area contributed by atoms with Crippen molar-refractivity contribution < 1.29 is 50.4 Å². The summed E-state index contributed by atoms with van der Waals surface area (Å²) in [5, 5.41) is 63.7. The molecule has 0 aromatic rings. The van der Waals surface area contributed by atoms with Gasteiger partial charge in [-0.3, -0.25) is 0 Å². The largest absolute Gasteiger partial charge is 0.478 e. The van der Waals surface area contributed by atoms with Crippen molar-refractivity contribution in [2.45, 2.75) is 12.2 Å². The van der Waals surface area contributed by atoms with E-state index >= 15 is 0 Å². The van der Waals surface area contributed by atoms with E-state index in [0.717, 1.165) is 0 Å². The lowest BCUT2D eigenvalue weighted by Gasteiger charge is -1.96. The van der Waals surface area contributed by atoms with Gasteiger partial charge in [0, 0.05) is 12.2 Å². The van der Waals surface area contributed by atoms with Crippen LogP contribution in [0.15, 0.2) is 12.2 Å². The fraction of sp³-hybridized carbons (Fsp3) is 0.600. The van der Waals surface area contributed by atoms with Crippen LogP contribution in [0.1, 0.15) is 0 Å². The molecule has 0 aliphatic heterocycles. The molecular weight excluding hydrogens is 280 g/mol. The van der Waals surface area contributed by atoms with Gasteiger partial charge in [-0.25, -0.2) is 9.59 Å². The number of aliphatic carboxylic acids is 2. The Balaban J connectivity index is -0.000000221. The average molecular weight is 300 g/mol. The van der Waals surface area contributed by atoms with Crippen LogP contribution in [0.2, 0.25) is 0 Å². The second kappa shape index (κ2) is 17.4. The van der Waals surface area contributed by atoms with E-state index in [1.165, 1.54) is 0 Å². The van der Waals surface area contributed by atoms with Gasteiger partial charge in [-0.05, 0) is 0 Å². The number of aliphatic hydroxyl groups is 6. The number of carboxylic acids is 2. The van der Waals surface area contributed by atoms with Crippen LogP contribution in [0.5, 0.6) is 0 Å². The van der Waals surface area contributed by atoms with Gasteiger partial charge in [0.1, 0.15) is 12.2 Å². The normalized spacial score (nSPS) is 9.80. The monoisotopic (exact) mass is 300 g/mol. The van der Waals surface area contributed by atoms with E-state index in [1.807, 2.05) is 0 Å². The van der Waals surface area contributed by atoms with E-state index < -0.39 is 24.1 Å².